The summed E-state index contributed by atoms with van der Waals surface area (Å²) in [5, 5.41) is 10.2. The molecule has 0 unspecified atom stereocenters. The highest BCUT2D eigenvalue weighted by Gasteiger charge is 2.06. The Morgan fingerprint density at radius 1 is 1.17 bits per heavy atom. The minimum absolute atomic E-state index is 0.209. The lowest BCUT2D eigenvalue weighted by Gasteiger charge is -2.10. The number of phenols is 1. The van der Waals surface area contributed by atoms with Crippen LogP contribution < -0.4 is 4.74 Å². The van der Waals surface area contributed by atoms with Crippen LogP contribution in [0.5, 0.6) is 11.5 Å². The zero-order chi connectivity index (χ0) is 17.4. The van der Waals surface area contributed by atoms with Gasteiger partial charge in [-0.15, -0.1) is 6.58 Å². The predicted molar refractivity (Wildman–Crippen MR) is 104 cm³/mol. The Bertz CT molecular complexity index is 713. The molecule has 2 aromatic carbocycles. The van der Waals surface area contributed by atoms with Crippen LogP contribution in [0.15, 0.2) is 71.7 Å². The third kappa shape index (κ3) is 5.55. The molecule has 0 atom stereocenters. The second-order valence-electron chi connectivity index (χ2n) is 5.48. The minimum atomic E-state index is 0.209. The van der Waals surface area contributed by atoms with Crippen molar-refractivity contribution in [2.45, 2.75) is 0 Å². The topological polar surface area (TPSA) is 32.7 Å². The fraction of sp³-hybridized carbons (Fsp3) is 0.200. The highest BCUT2D eigenvalue weighted by Crippen LogP contribution is 2.33. The van der Waals surface area contributed by atoms with E-state index in [2.05, 4.69) is 33.5 Å². The Hall–Kier alpha value is -2.04. The third-order valence-electron chi connectivity index (χ3n) is 3.48. The molecule has 3 nitrogen and oxygen atoms in total. The lowest BCUT2D eigenvalue weighted by atomic mass is 10.0. The van der Waals surface area contributed by atoms with Crippen molar-refractivity contribution in [2.24, 2.45) is 0 Å². The maximum atomic E-state index is 10.2. The van der Waals surface area contributed by atoms with E-state index in [1.54, 1.807) is 6.07 Å². The Morgan fingerprint density at radius 2 is 2.00 bits per heavy atom. The van der Waals surface area contributed by atoms with E-state index < -0.39 is 0 Å². The van der Waals surface area contributed by atoms with Crippen molar-refractivity contribution < 1.29 is 9.84 Å². The van der Waals surface area contributed by atoms with Gasteiger partial charge in [0.2, 0.25) is 0 Å². The predicted octanol–water partition coefficient (Wildman–Crippen LogP) is 4.87. The largest absolute Gasteiger partial charge is 0.507 e. The van der Waals surface area contributed by atoms with Crippen molar-refractivity contribution in [3.8, 4) is 22.6 Å². The Kier molecular flexibility index (Phi) is 7.09. The average Bonchev–Trinajstić information content (AvgIpc) is 2.55. The van der Waals surface area contributed by atoms with Crippen LogP contribution in [0.1, 0.15) is 0 Å². The lowest BCUT2D eigenvalue weighted by Crippen LogP contribution is -2.17. The van der Waals surface area contributed by atoms with Crippen molar-refractivity contribution in [1.82, 2.24) is 4.90 Å². The molecule has 2 aromatic rings. The normalized spacial score (nSPS) is 11.1. The molecule has 0 saturated carbocycles. The van der Waals surface area contributed by atoms with E-state index >= 15 is 0 Å². The summed E-state index contributed by atoms with van der Waals surface area (Å²) in [5.74, 6) is 0.857. The summed E-state index contributed by atoms with van der Waals surface area (Å²) in [4.78, 5) is 2.14. The van der Waals surface area contributed by atoms with Crippen LogP contribution in [0, 0.1) is 0 Å². The van der Waals surface area contributed by atoms with Crippen molar-refractivity contribution in [2.75, 3.05) is 26.7 Å². The van der Waals surface area contributed by atoms with E-state index in [9.17, 15) is 5.11 Å². The molecule has 4 heteroatoms. The highest BCUT2D eigenvalue weighted by molar-refractivity contribution is 9.10. The van der Waals surface area contributed by atoms with Gasteiger partial charge < -0.3 is 9.84 Å². The zero-order valence-electron chi connectivity index (χ0n) is 13.8. The fourth-order valence-electron chi connectivity index (χ4n) is 2.26. The van der Waals surface area contributed by atoms with Gasteiger partial charge in [0.25, 0.3) is 0 Å². The summed E-state index contributed by atoms with van der Waals surface area (Å²) in [5.41, 5.74) is 1.74. The standard InChI is InChI=1S/C20H22BrNO2/c1-3-11-22(2)12-4-5-13-24-18-9-10-19(20(23)15-18)16-7-6-8-17(21)14-16/h3-10,14-15,23H,1,11-13H2,2H3/b5-4+. The summed E-state index contributed by atoms with van der Waals surface area (Å²) in [6.07, 6.45) is 5.90. The van der Waals surface area contributed by atoms with Gasteiger partial charge in [-0.05, 0) is 36.9 Å². The number of hydrogen-bond donors (Lipinski definition) is 1. The molecule has 1 N–H and O–H groups in total. The molecular formula is C20H22BrNO2. The van der Waals surface area contributed by atoms with E-state index in [-0.39, 0.29) is 5.75 Å². The second kappa shape index (κ2) is 9.30. The first-order valence-electron chi connectivity index (χ1n) is 7.76. The second-order valence-corrected chi connectivity index (χ2v) is 6.40. The van der Waals surface area contributed by atoms with Gasteiger partial charge in [0.1, 0.15) is 18.1 Å². The van der Waals surface area contributed by atoms with Gasteiger partial charge in [-0.25, -0.2) is 0 Å². The van der Waals surface area contributed by atoms with Crippen molar-refractivity contribution in [3.63, 3.8) is 0 Å². The number of hydrogen-bond acceptors (Lipinski definition) is 3. The van der Waals surface area contributed by atoms with Crippen molar-refractivity contribution in [3.05, 3.63) is 71.7 Å². The number of nitrogens with zero attached hydrogens (tertiary/aromatic N) is 1. The third-order valence-corrected chi connectivity index (χ3v) is 3.97. The summed E-state index contributed by atoms with van der Waals surface area (Å²) < 4.78 is 6.63. The van der Waals surface area contributed by atoms with Crippen LogP contribution in [-0.2, 0) is 0 Å². The molecule has 126 valence electrons. The maximum absolute atomic E-state index is 10.2. The molecule has 0 aromatic heterocycles. The first kappa shape index (κ1) is 18.3. The van der Waals surface area contributed by atoms with E-state index in [0.717, 1.165) is 28.7 Å². The van der Waals surface area contributed by atoms with Crippen molar-refractivity contribution >= 4 is 15.9 Å². The maximum Gasteiger partial charge on any atom is 0.127 e. The monoisotopic (exact) mass is 387 g/mol. The van der Waals surface area contributed by atoms with Gasteiger partial charge in [-0.3, -0.25) is 4.90 Å². The van der Waals surface area contributed by atoms with Crippen LogP contribution in [0.25, 0.3) is 11.1 Å². The van der Waals surface area contributed by atoms with Crippen LogP contribution in [0.3, 0.4) is 0 Å². The van der Waals surface area contributed by atoms with Crippen LogP contribution >= 0.6 is 15.9 Å². The molecule has 0 aliphatic carbocycles. The minimum Gasteiger partial charge on any atom is -0.507 e. The number of rotatable bonds is 8. The van der Waals surface area contributed by atoms with Crippen LogP contribution in [-0.4, -0.2) is 36.8 Å². The smallest absolute Gasteiger partial charge is 0.127 e. The zero-order valence-corrected chi connectivity index (χ0v) is 15.4. The van der Waals surface area contributed by atoms with Crippen LogP contribution in [0.2, 0.25) is 0 Å². The summed E-state index contributed by atoms with van der Waals surface area (Å²) in [6, 6.07) is 13.2. The molecule has 0 fully saturated rings. The van der Waals surface area contributed by atoms with E-state index in [1.165, 1.54) is 0 Å². The quantitative estimate of drug-likeness (QED) is 0.655. The first-order valence-corrected chi connectivity index (χ1v) is 8.55. The summed E-state index contributed by atoms with van der Waals surface area (Å²) in [7, 11) is 2.03. The van der Waals surface area contributed by atoms with Gasteiger partial charge in [-0.1, -0.05) is 46.3 Å². The number of phenolic OH excluding ortho intramolecular Hbond substituents is 1. The molecular weight excluding hydrogens is 366 g/mol. The molecule has 0 aliphatic rings. The van der Waals surface area contributed by atoms with Crippen LogP contribution in [0.4, 0.5) is 0 Å². The molecule has 0 radical (unpaired) electrons. The summed E-state index contributed by atoms with van der Waals surface area (Å²) >= 11 is 3.44. The van der Waals surface area contributed by atoms with Gasteiger partial charge in [0.15, 0.2) is 0 Å². The molecule has 0 amide bonds. The molecule has 0 bridgehead atoms. The highest BCUT2D eigenvalue weighted by atomic mass is 79.9. The lowest BCUT2D eigenvalue weighted by molar-refractivity contribution is 0.357. The number of benzene rings is 2. The molecule has 24 heavy (non-hydrogen) atoms. The van der Waals surface area contributed by atoms with E-state index in [0.29, 0.717) is 12.4 Å². The Morgan fingerprint density at radius 3 is 2.71 bits per heavy atom. The van der Waals surface area contributed by atoms with Gasteiger partial charge in [0, 0.05) is 29.2 Å². The van der Waals surface area contributed by atoms with E-state index in [1.807, 2.05) is 55.6 Å². The number of likely N-dealkylation sites (N-methyl/N-ethyl adjacent to an activating group) is 1. The molecule has 0 aliphatic heterocycles. The van der Waals surface area contributed by atoms with E-state index in [4.69, 9.17) is 4.74 Å². The molecule has 0 saturated heterocycles. The molecule has 2 rings (SSSR count). The van der Waals surface area contributed by atoms with Gasteiger partial charge in [0.05, 0.1) is 0 Å². The van der Waals surface area contributed by atoms with Gasteiger partial charge >= 0.3 is 0 Å². The summed E-state index contributed by atoms with van der Waals surface area (Å²) in [6.45, 7) is 5.89. The molecule has 0 spiro atoms. The number of aromatic hydroxyl groups is 1. The first-order chi connectivity index (χ1) is 11.6. The number of halogens is 1. The SMILES string of the molecule is C=CCN(C)C/C=C/COc1ccc(-c2cccc(Br)c2)c(O)c1. The average molecular weight is 388 g/mol. The molecule has 0 heterocycles. The Labute approximate surface area is 152 Å². The van der Waals surface area contributed by atoms with Crippen molar-refractivity contribution in [1.29, 1.82) is 0 Å². The fourth-order valence-corrected chi connectivity index (χ4v) is 2.66. The van der Waals surface area contributed by atoms with Gasteiger partial charge in [-0.2, -0.15) is 0 Å². The number of ether oxygens (including phenoxy) is 1. The Balaban J connectivity index is 1.93.